The zero-order valence-electron chi connectivity index (χ0n) is 31.2. The van der Waals surface area contributed by atoms with Crippen LogP contribution in [-0.2, 0) is 10.8 Å². The second-order valence-electron chi connectivity index (χ2n) is 15.6. The molecule has 0 N–H and O–H groups in total. The maximum Gasteiger partial charge on any atom is 0.164 e. The quantitative estimate of drug-likeness (QED) is 0.178. The molecule has 0 bridgehead atoms. The van der Waals surface area contributed by atoms with Crippen molar-refractivity contribution in [3.8, 4) is 56.4 Å². The van der Waals surface area contributed by atoms with E-state index in [1.807, 2.05) is 0 Å². The van der Waals surface area contributed by atoms with Gasteiger partial charge in [-0.3, -0.25) is 0 Å². The third-order valence-corrected chi connectivity index (χ3v) is 12.2. The van der Waals surface area contributed by atoms with E-state index in [1.165, 1.54) is 55.6 Å². The molecule has 2 aliphatic carbocycles. The van der Waals surface area contributed by atoms with Gasteiger partial charge in [0.25, 0.3) is 0 Å². The lowest BCUT2D eigenvalue weighted by Crippen LogP contribution is -2.28. The summed E-state index contributed by atoms with van der Waals surface area (Å²) in [5.41, 5.74) is 15.0. The second kappa shape index (κ2) is 12.3. The Morgan fingerprint density at radius 3 is 1.46 bits per heavy atom. The molecule has 0 spiro atoms. The minimum Gasteiger partial charge on any atom is -0.208 e. The van der Waals surface area contributed by atoms with Crippen LogP contribution in [0, 0.1) is 0 Å². The van der Waals surface area contributed by atoms with Gasteiger partial charge in [0.1, 0.15) is 0 Å². The number of benzene rings is 8. The molecule has 9 aromatic rings. The first kappa shape index (κ1) is 32.5. The minimum absolute atomic E-state index is 0.0851. The van der Waals surface area contributed by atoms with Gasteiger partial charge < -0.3 is 0 Å². The normalized spacial score (nSPS) is 14.2. The number of hydrogen-bond donors (Lipinski definition) is 0. The summed E-state index contributed by atoms with van der Waals surface area (Å²) in [5.74, 6) is 1.97. The Labute approximate surface area is 327 Å². The number of nitrogens with zero attached hydrogens (tertiary/aromatic N) is 3. The Bertz CT molecular complexity index is 2950. The molecular weight excluding hydrogens is 679 g/mol. The fourth-order valence-electron chi connectivity index (χ4n) is 9.62. The molecule has 11 rings (SSSR count). The largest absolute Gasteiger partial charge is 0.208 e. The van der Waals surface area contributed by atoms with Crippen LogP contribution in [0.1, 0.15) is 47.2 Å². The third-order valence-electron chi connectivity index (χ3n) is 12.2. The van der Waals surface area contributed by atoms with Gasteiger partial charge in [-0.25, -0.2) is 15.0 Å². The lowest BCUT2D eigenvalue weighted by molar-refractivity contribution is 0.660. The van der Waals surface area contributed by atoms with E-state index in [-0.39, 0.29) is 5.41 Å². The Hall–Kier alpha value is -6.97. The molecular formula is C53H37N3. The van der Waals surface area contributed by atoms with Crippen LogP contribution in [0.25, 0.3) is 67.2 Å². The molecule has 0 aliphatic heterocycles. The average Bonchev–Trinajstić information content (AvgIpc) is 3.69. The summed E-state index contributed by atoms with van der Waals surface area (Å²) in [6, 6.07) is 67.8. The fourth-order valence-corrected chi connectivity index (χ4v) is 9.62. The van der Waals surface area contributed by atoms with Crippen LogP contribution in [-0.4, -0.2) is 15.0 Å². The molecule has 0 unspecified atom stereocenters. The van der Waals surface area contributed by atoms with Crippen molar-refractivity contribution in [3.63, 3.8) is 0 Å². The highest BCUT2D eigenvalue weighted by atomic mass is 15.0. The maximum absolute atomic E-state index is 5.31. The summed E-state index contributed by atoms with van der Waals surface area (Å²) >= 11 is 0. The lowest BCUT2D eigenvalue weighted by atomic mass is 9.67. The Morgan fingerprint density at radius 2 is 0.786 bits per heavy atom. The summed E-state index contributed by atoms with van der Waals surface area (Å²) in [6.07, 6.45) is 0. The van der Waals surface area contributed by atoms with Crippen LogP contribution in [0.2, 0.25) is 0 Å². The zero-order valence-corrected chi connectivity index (χ0v) is 31.2. The van der Waals surface area contributed by atoms with E-state index in [2.05, 4.69) is 202 Å². The van der Waals surface area contributed by atoms with Gasteiger partial charge in [0.2, 0.25) is 0 Å². The predicted molar refractivity (Wildman–Crippen MR) is 229 cm³/mol. The van der Waals surface area contributed by atoms with E-state index >= 15 is 0 Å². The van der Waals surface area contributed by atoms with Crippen molar-refractivity contribution < 1.29 is 0 Å². The molecule has 0 atom stereocenters. The van der Waals surface area contributed by atoms with Gasteiger partial charge in [-0.05, 0) is 78.5 Å². The molecule has 3 nitrogen and oxygen atoms in total. The molecule has 0 radical (unpaired) electrons. The highest BCUT2D eigenvalue weighted by Gasteiger charge is 2.46. The topological polar surface area (TPSA) is 38.7 Å². The van der Waals surface area contributed by atoms with Gasteiger partial charge in [-0.2, -0.15) is 0 Å². The molecule has 264 valence electrons. The first-order chi connectivity index (χ1) is 27.5. The standard InChI is InChI=1S/C53H37N3/c1-52(2)45-26-13-11-23-40(45)43-32-35(28-30-46(43)52)49-54-50(56-51(55-49)42-25-15-17-34-16-9-10-22-39(34)42)36-29-31-48-44(33-36)41-24-12-14-27-47(41)53(48,37-18-5-3-6-19-37)38-20-7-4-8-21-38/h3-33H,1-2H3. The first-order valence-electron chi connectivity index (χ1n) is 19.4. The zero-order chi connectivity index (χ0) is 37.4. The second-order valence-corrected chi connectivity index (χ2v) is 15.6. The molecule has 8 aromatic carbocycles. The minimum atomic E-state index is -0.472. The summed E-state index contributed by atoms with van der Waals surface area (Å²) < 4.78 is 0. The van der Waals surface area contributed by atoms with E-state index in [9.17, 15) is 0 Å². The van der Waals surface area contributed by atoms with E-state index in [1.54, 1.807) is 0 Å². The van der Waals surface area contributed by atoms with E-state index in [4.69, 9.17) is 15.0 Å². The monoisotopic (exact) mass is 715 g/mol. The maximum atomic E-state index is 5.31. The van der Waals surface area contributed by atoms with Gasteiger partial charge in [-0.1, -0.05) is 190 Å². The summed E-state index contributed by atoms with van der Waals surface area (Å²) in [6.45, 7) is 4.63. The predicted octanol–water partition coefficient (Wildman–Crippen LogP) is 12.7. The van der Waals surface area contributed by atoms with Crippen LogP contribution in [0.4, 0.5) is 0 Å². The number of hydrogen-bond acceptors (Lipinski definition) is 3. The third kappa shape index (κ3) is 4.67. The van der Waals surface area contributed by atoms with E-state index in [0.29, 0.717) is 17.5 Å². The Morgan fingerprint density at radius 1 is 0.339 bits per heavy atom. The van der Waals surface area contributed by atoms with Crippen molar-refractivity contribution >= 4 is 10.8 Å². The van der Waals surface area contributed by atoms with Crippen molar-refractivity contribution in [1.29, 1.82) is 0 Å². The van der Waals surface area contributed by atoms with Crippen LogP contribution in [0.5, 0.6) is 0 Å². The summed E-state index contributed by atoms with van der Waals surface area (Å²) in [4.78, 5) is 15.9. The molecule has 0 saturated heterocycles. The molecule has 2 aliphatic rings. The van der Waals surface area contributed by atoms with Crippen molar-refractivity contribution in [1.82, 2.24) is 15.0 Å². The van der Waals surface area contributed by atoms with Gasteiger partial charge in [0.05, 0.1) is 5.41 Å². The van der Waals surface area contributed by atoms with Crippen LogP contribution >= 0.6 is 0 Å². The van der Waals surface area contributed by atoms with Crippen molar-refractivity contribution in [2.24, 2.45) is 0 Å². The summed E-state index contributed by atoms with van der Waals surface area (Å²) in [7, 11) is 0. The Kier molecular flexibility index (Phi) is 7.11. The van der Waals surface area contributed by atoms with Gasteiger partial charge in [0.15, 0.2) is 17.5 Å². The highest BCUT2D eigenvalue weighted by Crippen LogP contribution is 2.56. The van der Waals surface area contributed by atoms with Crippen LogP contribution in [0.15, 0.2) is 188 Å². The van der Waals surface area contributed by atoms with E-state index in [0.717, 1.165) is 27.5 Å². The molecule has 0 fully saturated rings. The number of aromatic nitrogens is 3. The van der Waals surface area contributed by atoms with Crippen molar-refractivity contribution in [2.75, 3.05) is 0 Å². The van der Waals surface area contributed by atoms with E-state index < -0.39 is 5.41 Å². The fraction of sp³-hybridized carbons (Fsp3) is 0.0755. The van der Waals surface area contributed by atoms with Gasteiger partial charge in [0, 0.05) is 22.1 Å². The first-order valence-corrected chi connectivity index (χ1v) is 19.4. The number of rotatable bonds is 5. The van der Waals surface area contributed by atoms with Crippen molar-refractivity contribution in [2.45, 2.75) is 24.7 Å². The SMILES string of the molecule is CC1(C)c2ccccc2-c2cc(-c3nc(-c4ccc5c(c4)-c4ccccc4C5(c4ccccc4)c4ccccc4)nc(-c4cccc5ccccc45)n3)ccc21. The molecule has 1 aromatic heterocycles. The molecule has 56 heavy (non-hydrogen) atoms. The molecule has 3 heteroatoms. The Balaban J connectivity index is 1.14. The summed E-state index contributed by atoms with van der Waals surface area (Å²) in [5, 5.41) is 2.26. The molecule has 0 amide bonds. The smallest absolute Gasteiger partial charge is 0.164 e. The van der Waals surface area contributed by atoms with Crippen molar-refractivity contribution in [3.05, 3.63) is 221 Å². The van der Waals surface area contributed by atoms with Gasteiger partial charge >= 0.3 is 0 Å². The molecule has 0 saturated carbocycles. The highest BCUT2D eigenvalue weighted by molar-refractivity contribution is 5.96. The van der Waals surface area contributed by atoms with Gasteiger partial charge in [-0.15, -0.1) is 0 Å². The number of fused-ring (bicyclic) bond motifs is 7. The average molecular weight is 716 g/mol. The van der Waals surface area contributed by atoms with Crippen LogP contribution in [0.3, 0.4) is 0 Å². The lowest BCUT2D eigenvalue weighted by Gasteiger charge is -2.33. The molecule has 1 heterocycles. The van der Waals surface area contributed by atoms with Crippen LogP contribution < -0.4 is 0 Å².